The van der Waals surface area contributed by atoms with E-state index in [9.17, 15) is 4.79 Å². The lowest BCUT2D eigenvalue weighted by molar-refractivity contribution is -0.120. The highest BCUT2D eigenvalue weighted by molar-refractivity contribution is 5.79. The Morgan fingerprint density at radius 3 is 2.77 bits per heavy atom. The molecule has 1 heterocycles. The molecule has 22 heavy (non-hydrogen) atoms. The first-order chi connectivity index (χ1) is 10.6. The number of H-pyrrole nitrogens is 1. The maximum atomic E-state index is 12.0. The van der Waals surface area contributed by atoms with Crippen LogP contribution in [0.5, 0.6) is 5.75 Å². The van der Waals surface area contributed by atoms with E-state index in [2.05, 4.69) is 15.5 Å². The molecule has 5 heteroatoms. The van der Waals surface area contributed by atoms with Crippen molar-refractivity contribution in [2.45, 2.75) is 33.1 Å². The lowest BCUT2D eigenvalue weighted by Gasteiger charge is -2.09. The normalized spacial score (nSPS) is 10.5. The molecule has 1 aromatic heterocycles. The molecule has 0 aliphatic heterocycles. The highest BCUT2D eigenvalue weighted by atomic mass is 16.5. The predicted molar refractivity (Wildman–Crippen MR) is 86.1 cm³/mol. The molecule has 2 rings (SSSR count). The zero-order valence-electron chi connectivity index (χ0n) is 13.4. The van der Waals surface area contributed by atoms with Crippen molar-refractivity contribution < 1.29 is 9.53 Å². The fraction of sp³-hybridized carbons (Fsp3) is 0.412. The van der Waals surface area contributed by atoms with E-state index < -0.39 is 0 Å². The number of nitrogens with one attached hydrogen (secondary N) is 2. The van der Waals surface area contributed by atoms with Crippen molar-refractivity contribution in [3.63, 3.8) is 0 Å². The second-order valence-electron chi connectivity index (χ2n) is 5.35. The number of carbonyl (C=O) groups is 1. The standard InChI is InChI=1S/C17H23N3O2/c1-12-15(13(2)20-19-12)8-6-10-18-17(21)11-14-7-4-5-9-16(14)22-3/h4-5,7,9H,6,8,10-11H2,1-3H3,(H,18,21)(H,19,20). The van der Waals surface area contributed by atoms with Crippen molar-refractivity contribution >= 4 is 5.91 Å². The van der Waals surface area contributed by atoms with Gasteiger partial charge in [0, 0.05) is 17.8 Å². The molecule has 0 radical (unpaired) electrons. The van der Waals surface area contributed by atoms with Crippen molar-refractivity contribution in [3.8, 4) is 5.75 Å². The molecule has 0 atom stereocenters. The summed E-state index contributed by atoms with van der Waals surface area (Å²) in [5, 5.41) is 10.1. The molecule has 118 valence electrons. The molecule has 0 aliphatic rings. The molecule has 2 N–H and O–H groups in total. The molecule has 0 aliphatic carbocycles. The van der Waals surface area contributed by atoms with E-state index in [4.69, 9.17) is 4.74 Å². The average molecular weight is 301 g/mol. The van der Waals surface area contributed by atoms with Gasteiger partial charge in [0.1, 0.15) is 5.75 Å². The van der Waals surface area contributed by atoms with Crippen molar-refractivity contribution in [3.05, 3.63) is 46.8 Å². The van der Waals surface area contributed by atoms with Crippen LogP contribution in [0.1, 0.15) is 28.9 Å². The Hall–Kier alpha value is -2.30. The van der Waals surface area contributed by atoms with Crippen LogP contribution in [0.25, 0.3) is 0 Å². The second kappa shape index (κ2) is 7.64. The van der Waals surface area contributed by atoms with Crippen LogP contribution in [0.3, 0.4) is 0 Å². The summed E-state index contributed by atoms with van der Waals surface area (Å²) in [6, 6.07) is 7.59. The van der Waals surface area contributed by atoms with Gasteiger partial charge in [0.15, 0.2) is 0 Å². The van der Waals surface area contributed by atoms with Crippen molar-refractivity contribution in [2.24, 2.45) is 0 Å². The smallest absolute Gasteiger partial charge is 0.224 e. The number of hydrogen-bond acceptors (Lipinski definition) is 3. The van der Waals surface area contributed by atoms with Crippen LogP contribution in [0.15, 0.2) is 24.3 Å². The fourth-order valence-corrected chi connectivity index (χ4v) is 2.52. The summed E-state index contributed by atoms with van der Waals surface area (Å²) in [6.07, 6.45) is 2.16. The minimum Gasteiger partial charge on any atom is -0.496 e. The third kappa shape index (κ3) is 4.10. The first-order valence-corrected chi connectivity index (χ1v) is 7.51. The fourth-order valence-electron chi connectivity index (χ4n) is 2.52. The van der Waals surface area contributed by atoms with E-state index >= 15 is 0 Å². The Labute approximate surface area is 131 Å². The van der Waals surface area contributed by atoms with Crippen molar-refractivity contribution in [2.75, 3.05) is 13.7 Å². The highest BCUT2D eigenvalue weighted by Gasteiger charge is 2.09. The molecule has 0 bridgehead atoms. The molecule has 0 spiro atoms. The molecule has 1 amide bonds. The van der Waals surface area contributed by atoms with Crippen LogP contribution in [-0.4, -0.2) is 29.8 Å². The van der Waals surface area contributed by atoms with Gasteiger partial charge in [0.25, 0.3) is 0 Å². The molecule has 0 saturated heterocycles. The van der Waals surface area contributed by atoms with Gasteiger partial charge in [0.2, 0.25) is 5.91 Å². The van der Waals surface area contributed by atoms with Gasteiger partial charge in [-0.1, -0.05) is 18.2 Å². The summed E-state index contributed by atoms with van der Waals surface area (Å²) in [7, 11) is 1.62. The summed E-state index contributed by atoms with van der Waals surface area (Å²) < 4.78 is 5.26. The van der Waals surface area contributed by atoms with Crippen LogP contribution in [0.4, 0.5) is 0 Å². The van der Waals surface area contributed by atoms with Crippen LogP contribution < -0.4 is 10.1 Å². The van der Waals surface area contributed by atoms with Gasteiger partial charge in [-0.05, 0) is 38.3 Å². The average Bonchev–Trinajstić information content (AvgIpc) is 2.83. The lowest BCUT2D eigenvalue weighted by atomic mass is 10.1. The Morgan fingerprint density at radius 2 is 2.09 bits per heavy atom. The third-order valence-corrected chi connectivity index (χ3v) is 3.75. The van der Waals surface area contributed by atoms with E-state index in [0.717, 1.165) is 35.5 Å². The third-order valence-electron chi connectivity index (χ3n) is 3.75. The zero-order chi connectivity index (χ0) is 15.9. The largest absolute Gasteiger partial charge is 0.496 e. The Kier molecular flexibility index (Phi) is 5.58. The number of rotatable bonds is 7. The molecule has 0 unspecified atom stereocenters. The van der Waals surface area contributed by atoms with Gasteiger partial charge in [-0.25, -0.2) is 0 Å². The zero-order valence-corrected chi connectivity index (χ0v) is 13.4. The summed E-state index contributed by atoms with van der Waals surface area (Å²) >= 11 is 0. The molecular formula is C17H23N3O2. The number of aromatic nitrogens is 2. The molecule has 0 fully saturated rings. The molecule has 2 aromatic rings. The van der Waals surface area contributed by atoms with Crippen LogP contribution >= 0.6 is 0 Å². The number of amides is 1. The summed E-state index contributed by atoms with van der Waals surface area (Å²) in [4.78, 5) is 12.0. The van der Waals surface area contributed by atoms with Crippen LogP contribution in [0.2, 0.25) is 0 Å². The van der Waals surface area contributed by atoms with Gasteiger partial charge in [-0.2, -0.15) is 5.10 Å². The Bertz CT molecular complexity index is 615. The first kappa shape index (κ1) is 16.1. The van der Waals surface area contributed by atoms with E-state index in [0.29, 0.717) is 13.0 Å². The van der Waals surface area contributed by atoms with Crippen LogP contribution in [-0.2, 0) is 17.6 Å². The monoisotopic (exact) mass is 301 g/mol. The van der Waals surface area contributed by atoms with E-state index in [-0.39, 0.29) is 5.91 Å². The number of carbonyl (C=O) groups excluding carboxylic acids is 1. The number of benzene rings is 1. The number of methoxy groups -OCH3 is 1. The van der Waals surface area contributed by atoms with E-state index in [1.165, 1.54) is 5.56 Å². The summed E-state index contributed by atoms with van der Waals surface area (Å²) in [5.74, 6) is 0.771. The molecule has 0 saturated carbocycles. The number of para-hydroxylation sites is 1. The van der Waals surface area contributed by atoms with Gasteiger partial charge >= 0.3 is 0 Å². The summed E-state index contributed by atoms with van der Waals surface area (Å²) in [6.45, 7) is 4.69. The van der Waals surface area contributed by atoms with Crippen LogP contribution in [0, 0.1) is 13.8 Å². The van der Waals surface area contributed by atoms with Gasteiger partial charge < -0.3 is 10.1 Å². The maximum absolute atomic E-state index is 12.0. The second-order valence-corrected chi connectivity index (χ2v) is 5.35. The van der Waals surface area contributed by atoms with E-state index in [1.807, 2.05) is 38.1 Å². The quantitative estimate of drug-likeness (QED) is 0.771. The SMILES string of the molecule is COc1ccccc1CC(=O)NCCCc1c(C)n[nH]c1C. The maximum Gasteiger partial charge on any atom is 0.224 e. The van der Waals surface area contributed by atoms with Crippen molar-refractivity contribution in [1.82, 2.24) is 15.5 Å². The number of aryl methyl sites for hydroxylation is 2. The Morgan fingerprint density at radius 1 is 1.32 bits per heavy atom. The summed E-state index contributed by atoms with van der Waals surface area (Å²) in [5.41, 5.74) is 4.30. The van der Waals surface area contributed by atoms with Gasteiger partial charge in [-0.15, -0.1) is 0 Å². The molecular weight excluding hydrogens is 278 g/mol. The number of ether oxygens (including phenoxy) is 1. The van der Waals surface area contributed by atoms with Gasteiger partial charge in [-0.3, -0.25) is 9.89 Å². The first-order valence-electron chi connectivity index (χ1n) is 7.51. The topological polar surface area (TPSA) is 67.0 Å². The molecule has 1 aromatic carbocycles. The number of nitrogens with zero attached hydrogens (tertiary/aromatic N) is 1. The van der Waals surface area contributed by atoms with Crippen molar-refractivity contribution in [1.29, 1.82) is 0 Å². The number of hydrogen-bond donors (Lipinski definition) is 2. The number of aromatic amines is 1. The molecule has 5 nitrogen and oxygen atoms in total. The minimum absolute atomic E-state index is 0.0186. The lowest BCUT2D eigenvalue weighted by Crippen LogP contribution is -2.26. The predicted octanol–water partition coefficient (Wildman–Crippen LogP) is 2.33. The highest BCUT2D eigenvalue weighted by Crippen LogP contribution is 2.17. The van der Waals surface area contributed by atoms with E-state index in [1.54, 1.807) is 7.11 Å². The van der Waals surface area contributed by atoms with Gasteiger partial charge in [0.05, 0.1) is 19.2 Å². The Balaban J connectivity index is 1.76. The minimum atomic E-state index is 0.0186.